The lowest BCUT2D eigenvalue weighted by molar-refractivity contribution is 0.361. The molecule has 0 aliphatic carbocycles. The van der Waals surface area contributed by atoms with Crippen LogP contribution >= 0.6 is 38.6 Å². The number of ether oxygens (including phenoxy) is 1. The van der Waals surface area contributed by atoms with E-state index >= 15 is 0 Å². The van der Waals surface area contributed by atoms with E-state index < -0.39 is 0 Å². The molecule has 4 aromatic heterocycles. The van der Waals surface area contributed by atoms with Gasteiger partial charge in [0.15, 0.2) is 21.1 Å². The molecule has 0 spiro atoms. The van der Waals surface area contributed by atoms with Gasteiger partial charge < -0.3 is 35.3 Å². The first kappa shape index (κ1) is 36.6. The molecule has 0 saturated heterocycles. The van der Waals surface area contributed by atoms with Crippen LogP contribution in [0.5, 0.6) is 11.5 Å². The first-order chi connectivity index (χ1) is 23.5. The molecule has 0 atom stereocenters. The number of thiazole rings is 2. The van der Waals surface area contributed by atoms with Crippen LogP contribution in [0.1, 0.15) is 27.7 Å². The van der Waals surface area contributed by atoms with Crippen LogP contribution in [0.3, 0.4) is 0 Å². The van der Waals surface area contributed by atoms with E-state index in [1.54, 1.807) is 36.4 Å². The summed E-state index contributed by atoms with van der Waals surface area (Å²) in [6.45, 7) is 20.9. The number of alkyl halides is 1. The maximum absolute atomic E-state index is 12.3. The van der Waals surface area contributed by atoms with Gasteiger partial charge in [-0.1, -0.05) is 0 Å². The van der Waals surface area contributed by atoms with Crippen LogP contribution in [-0.4, -0.2) is 49.3 Å². The van der Waals surface area contributed by atoms with Crippen molar-refractivity contribution in [3.63, 3.8) is 0 Å². The molecule has 6 aromatic rings. The Morgan fingerprint density at radius 3 is 1.78 bits per heavy atom. The third kappa shape index (κ3) is 10.1. The van der Waals surface area contributed by atoms with E-state index in [-0.39, 0.29) is 23.3 Å². The second kappa shape index (κ2) is 17.3. The van der Waals surface area contributed by atoms with Gasteiger partial charge in [-0.15, -0.1) is 22.7 Å². The van der Waals surface area contributed by atoms with E-state index in [4.69, 9.17) is 17.9 Å². The van der Waals surface area contributed by atoms with E-state index in [9.17, 15) is 14.7 Å². The molecule has 49 heavy (non-hydrogen) atoms. The number of phenolic OH excluding ortho intramolecular Hbond substituents is 1. The van der Waals surface area contributed by atoms with Crippen molar-refractivity contribution < 1.29 is 9.84 Å². The topological polar surface area (TPSA) is 154 Å². The van der Waals surface area contributed by atoms with Crippen LogP contribution in [0, 0.1) is 13.1 Å². The Balaban J connectivity index is 0.000000201. The van der Waals surface area contributed by atoms with Crippen molar-refractivity contribution in [3.8, 4) is 34.3 Å². The monoisotopic (exact) mass is 760 g/mol. The fraction of sp³-hybridized carbons (Fsp3) is 0.235. The zero-order valence-electron chi connectivity index (χ0n) is 27.0. The minimum absolute atomic E-state index is 0.0499. The molecule has 0 aliphatic rings. The normalized spacial score (nSPS) is 10.5. The third-order valence-electron chi connectivity index (χ3n) is 6.35. The van der Waals surface area contributed by atoms with Gasteiger partial charge in [0.05, 0.1) is 33.8 Å². The summed E-state index contributed by atoms with van der Waals surface area (Å²) in [5.74, 6) is 0.669. The molecule has 0 saturated carbocycles. The summed E-state index contributed by atoms with van der Waals surface area (Å²) in [7, 11) is 0. The van der Waals surface area contributed by atoms with Crippen molar-refractivity contribution in [1.29, 1.82) is 0 Å². The summed E-state index contributed by atoms with van der Waals surface area (Å²) >= 11 is 5.88. The second-order valence-electron chi connectivity index (χ2n) is 10.9. The number of benzene rings is 2. The number of hydrogen-bond donors (Lipinski definition) is 5. The number of aromatic nitrogens is 4. The van der Waals surface area contributed by atoms with Crippen molar-refractivity contribution >= 4 is 70.7 Å². The zero-order chi connectivity index (χ0) is 35.5. The van der Waals surface area contributed by atoms with Gasteiger partial charge in [-0.25, -0.2) is 23.1 Å². The Bertz CT molecular complexity index is 2250. The van der Waals surface area contributed by atoms with E-state index in [1.165, 1.54) is 34.8 Å². The summed E-state index contributed by atoms with van der Waals surface area (Å²) < 4.78 is 5.30. The third-order valence-corrected chi connectivity index (χ3v) is 8.15. The number of aromatic hydroxyl groups is 1. The van der Waals surface area contributed by atoms with Gasteiger partial charge in [-0.2, -0.15) is 0 Å². The molecular weight excluding hydrogens is 728 g/mol. The minimum Gasteiger partial charge on any atom is -0.508 e. The quantitative estimate of drug-likeness (QED) is 0.0592. The van der Waals surface area contributed by atoms with Gasteiger partial charge >= 0.3 is 6.73 Å². The lowest BCUT2D eigenvalue weighted by atomic mass is 10.1. The number of phenols is 1. The van der Waals surface area contributed by atoms with Crippen LogP contribution in [0.4, 0.5) is 10.3 Å². The Kier molecular flexibility index (Phi) is 12.9. The molecule has 0 bridgehead atoms. The van der Waals surface area contributed by atoms with Gasteiger partial charge in [-0.05, 0) is 52.0 Å². The van der Waals surface area contributed by atoms with Crippen molar-refractivity contribution in [2.45, 2.75) is 39.8 Å². The highest BCUT2D eigenvalue weighted by Gasteiger charge is 2.11. The van der Waals surface area contributed by atoms with Crippen LogP contribution in [0.15, 0.2) is 68.9 Å². The average molecular weight is 762 g/mol. The van der Waals surface area contributed by atoms with E-state index in [0.717, 1.165) is 16.0 Å². The van der Waals surface area contributed by atoms with Crippen LogP contribution in [0.2, 0.25) is 0 Å². The van der Waals surface area contributed by atoms with Crippen molar-refractivity contribution in [2.24, 2.45) is 0 Å². The maximum Gasteiger partial charge on any atom is 0.357 e. The number of nitrogens with zero attached hydrogens (tertiary/aromatic N) is 4. The van der Waals surface area contributed by atoms with Gasteiger partial charge in [0.25, 0.3) is 5.45 Å². The lowest BCUT2D eigenvalue weighted by Crippen LogP contribution is -2.09. The molecule has 0 radical (unpaired) electrons. The predicted molar refractivity (Wildman–Crippen MR) is 203 cm³/mol. The largest absolute Gasteiger partial charge is 0.508 e. The highest BCUT2D eigenvalue weighted by molar-refractivity contribution is 9.09. The molecule has 0 unspecified atom stereocenters. The number of nitrogens with one attached hydrogen (secondary N) is 4. The van der Waals surface area contributed by atoms with Gasteiger partial charge in [0, 0.05) is 73.8 Å². The van der Waals surface area contributed by atoms with Crippen molar-refractivity contribution in [2.75, 3.05) is 22.8 Å². The summed E-state index contributed by atoms with van der Waals surface area (Å²) in [6.07, 6.45) is 0. The molecule has 0 fully saturated rings. The molecule has 0 amide bonds. The molecule has 12 nitrogen and oxygen atoms in total. The maximum atomic E-state index is 12.3. The number of fused-ring (bicyclic) bond motifs is 2. The summed E-state index contributed by atoms with van der Waals surface area (Å²) in [5, 5.41) is 22.6. The Morgan fingerprint density at radius 1 is 0.816 bits per heavy atom. The number of hydrogen-bond acceptors (Lipinski definition) is 10. The molecule has 2 aromatic carbocycles. The zero-order valence-corrected chi connectivity index (χ0v) is 30.2. The minimum atomic E-state index is -0.0925. The summed E-state index contributed by atoms with van der Waals surface area (Å²) in [5.41, 5.74) is 4.24. The lowest BCUT2D eigenvalue weighted by Gasteiger charge is -2.06. The fourth-order valence-corrected chi connectivity index (χ4v) is 6.08. The van der Waals surface area contributed by atoms with E-state index in [2.05, 4.69) is 56.2 Å². The SMILES string of the molecule is CC(C)Nc1nc(-c2cc(=O)c3ccc(O)cc3[nH]2)cs1.[C-]#[N+]CBr.[C-]#[N+]COc1ccc2c(=O)cc(-c3csc(NC(C)C)n3)[nH]c2c1. The molecule has 15 heteroatoms. The van der Waals surface area contributed by atoms with Crippen LogP contribution in [0.25, 0.3) is 54.3 Å². The molecule has 252 valence electrons. The molecule has 5 N–H and O–H groups in total. The van der Waals surface area contributed by atoms with E-state index in [1.807, 2.05) is 38.5 Å². The Hall–Kier alpha value is -5.22. The fourth-order valence-electron chi connectivity index (χ4n) is 4.37. The van der Waals surface area contributed by atoms with Crippen molar-refractivity contribution in [3.05, 3.63) is 103 Å². The van der Waals surface area contributed by atoms with E-state index in [0.29, 0.717) is 62.2 Å². The average Bonchev–Trinajstić information content (AvgIpc) is 3.73. The number of H-pyrrole nitrogens is 2. The summed E-state index contributed by atoms with van der Waals surface area (Å²) in [6, 6.07) is 13.5. The molecule has 4 heterocycles. The number of aromatic amines is 2. The standard InChI is InChI=1S/C17H16N4O2S.C15H15N3O2S.C2H2BrN/c1-10(2)19-17-21-15(8-24-17)14-7-16(22)12-5-4-11(23-9-18-3)6-13(12)20-14;1-8(2)16-15-18-13(7-21-15)12-6-14(20)10-4-3-9(19)5-11(10)17-12;1-4-2-3/h4-8,10H,9H2,1-2H3,(H,19,21)(H,20,22);3-8,19H,1-2H3,(H,16,18)(H,17,20);2H2. The predicted octanol–water partition coefficient (Wildman–Crippen LogP) is 8.16. The Morgan fingerprint density at radius 2 is 1.31 bits per heavy atom. The number of halogens is 1. The second-order valence-corrected chi connectivity index (χ2v) is 13.1. The van der Waals surface area contributed by atoms with Gasteiger partial charge in [-0.3, -0.25) is 14.4 Å². The van der Waals surface area contributed by atoms with Gasteiger partial charge in [0.2, 0.25) is 0 Å². The van der Waals surface area contributed by atoms with Crippen LogP contribution in [-0.2, 0) is 0 Å². The number of anilines is 2. The first-order valence-corrected chi connectivity index (χ1v) is 17.7. The smallest absolute Gasteiger partial charge is 0.357 e. The summed E-state index contributed by atoms with van der Waals surface area (Å²) in [4.78, 5) is 45.9. The number of rotatable bonds is 8. The molecular formula is C34H33BrN8O4S2. The molecule has 6 rings (SSSR count). The Labute approximate surface area is 298 Å². The highest BCUT2D eigenvalue weighted by atomic mass is 79.9. The van der Waals surface area contributed by atoms with Crippen molar-refractivity contribution in [1.82, 2.24) is 19.9 Å². The van der Waals surface area contributed by atoms with Gasteiger partial charge in [0.1, 0.15) is 11.5 Å². The highest BCUT2D eigenvalue weighted by Crippen LogP contribution is 2.27. The first-order valence-electron chi connectivity index (χ1n) is 14.8. The van der Waals surface area contributed by atoms with Crippen LogP contribution < -0.4 is 26.2 Å². The molecule has 0 aliphatic heterocycles. The number of pyridine rings is 2.